The summed E-state index contributed by atoms with van der Waals surface area (Å²) < 4.78 is 10.3. The number of carbonyl (C=O) groups is 1. The zero-order valence-corrected chi connectivity index (χ0v) is 10.7. The van der Waals surface area contributed by atoms with E-state index in [1.807, 2.05) is 0 Å². The molecule has 5 heteroatoms. The van der Waals surface area contributed by atoms with Gasteiger partial charge in [-0.05, 0) is 23.8 Å². The summed E-state index contributed by atoms with van der Waals surface area (Å²) in [6.45, 7) is 0. The lowest BCUT2D eigenvalue weighted by Crippen LogP contribution is -2.13. The summed E-state index contributed by atoms with van der Waals surface area (Å²) in [5, 5.41) is 2.92. The predicted molar refractivity (Wildman–Crippen MR) is 67.7 cm³/mol. The molecule has 1 aromatic carbocycles. The van der Waals surface area contributed by atoms with Crippen molar-refractivity contribution in [2.24, 2.45) is 0 Å². The van der Waals surface area contributed by atoms with Crippen LogP contribution in [0.2, 0.25) is 5.02 Å². The van der Waals surface area contributed by atoms with E-state index < -0.39 is 0 Å². The van der Waals surface area contributed by atoms with E-state index in [0.29, 0.717) is 16.5 Å². The van der Waals surface area contributed by atoms with Crippen LogP contribution in [0.25, 0.3) is 6.08 Å². The van der Waals surface area contributed by atoms with Gasteiger partial charge in [-0.15, -0.1) is 0 Å². The van der Waals surface area contributed by atoms with Gasteiger partial charge >= 0.3 is 0 Å². The van der Waals surface area contributed by atoms with Crippen molar-refractivity contribution in [3.63, 3.8) is 0 Å². The summed E-state index contributed by atoms with van der Waals surface area (Å²) >= 11 is 6.02. The second-order valence-electron chi connectivity index (χ2n) is 3.19. The van der Waals surface area contributed by atoms with Gasteiger partial charge in [0.25, 0.3) is 0 Å². The molecule has 0 heterocycles. The third-order valence-corrected chi connectivity index (χ3v) is 2.41. The summed E-state index contributed by atoms with van der Waals surface area (Å²) in [6, 6.07) is 3.44. The maximum Gasteiger partial charge on any atom is 0.243 e. The number of carbonyl (C=O) groups excluding carboxylic acids is 1. The fourth-order valence-electron chi connectivity index (χ4n) is 1.29. The van der Waals surface area contributed by atoms with Gasteiger partial charge in [-0.3, -0.25) is 4.79 Å². The minimum atomic E-state index is -0.184. The molecule has 1 N–H and O–H groups in total. The molecule has 0 saturated carbocycles. The third kappa shape index (κ3) is 3.39. The number of methoxy groups -OCH3 is 2. The topological polar surface area (TPSA) is 47.6 Å². The van der Waals surface area contributed by atoms with Gasteiger partial charge in [0.05, 0.1) is 19.2 Å². The summed E-state index contributed by atoms with van der Waals surface area (Å²) in [5.41, 5.74) is 0.760. The van der Waals surface area contributed by atoms with Gasteiger partial charge in [0.1, 0.15) is 0 Å². The summed E-state index contributed by atoms with van der Waals surface area (Å²) in [5.74, 6) is 0.818. The molecule has 0 unspecified atom stereocenters. The van der Waals surface area contributed by atoms with Crippen molar-refractivity contribution in [1.82, 2.24) is 5.32 Å². The Morgan fingerprint density at radius 1 is 1.35 bits per heavy atom. The Hall–Kier alpha value is -1.68. The standard InChI is InChI=1S/C12H14ClNO3/c1-14-11(15)5-4-8-6-9(13)12(17-3)10(7-8)16-2/h4-7H,1-3H3,(H,14,15). The van der Waals surface area contributed by atoms with Crippen molar-refractivity contribution < 1.29 is 14.3 Å². The number of benzene rings is 1. The minimum Gasteiger partial charge on any atom is -0.493 e. The van der Waals surface area contributed by atoms with E-state index in [4.69, 9.17) is 21.1 Å². The lowest BCUT2D eigenvalue weighted by molar-refractivity contribution is -0.115. The smallest absolute Gasteiger partial charge is 0.243 e. The first-order valence-electron chi connectivity index (χ1n) is 4.93. The Balaban J connectivity index is 3.07. The quantitative estimate of drug-likeness (QED) is 0.839. The Labute approximate surface area is 105 Å². The van der Waals surface area contributed by atoms with Crippen LogP contribution in [-0.2, 0) is 4.79 Å². The fraction of sp³-hybridized carbons (Fsp3) is 0.250. The molecule has 0 radical (unpaired) electrons. The monoisotopic (exact) mass is 255 g/mol. The highest BCUT2D eigenvalue weighted by Crippen LogP contribution is 2.36. The summed E-state index contributed by atoms with van der Waals surface area (Å²) in [4.78, 5) is 11.1. The molecule has 0 bridgehead atoms. The molecule has 1 aromatic rings. The van der Waals surface area contributed by atoms with Crippen LogP contribution in [0, 0.1) is 0 Å². The molecule has 0 atom stereocenters. The Bertz CT molecular complexity index is 444. The fourth-order valence-corrected chi connectivity index (χ4v) is 1.59. The second-order valence-corrected chi connectivity index (χ2v) is 3.59. The Morgan fingerprint density at radius 2 is 2.06 bits per heavy atom. The van der Waals surface area contributed by atoms with Crippen LogP contribution < -0.4 is 14.8 Å². The molecular weight excluding hydrogens is 242 g/mol. The summed E-state index contributed by atoms with van der Waals surface area (Å²) in [6.07, 6.45) is 3.06. The lowest BCUT2D eigenvalue weighted by Gasteiger charge is -2.10. The van der Waals surface area contributed by atoms with E-state index in [1.54, 1.807) is 25.3 Å². The number of halogens is 1. The van der Waals surface area contributed by atoms with E-state index in [0.717, 1.165) is 5.56 Å². The molecule has 0 aliphatic carbocycles. The average Bonchev–Trinajstić information content (AvgIpc) is 2.34. The highest BCUT2D eigenvalue weighted by Gasteiger charge is 2.09. The number of nitrogens with one attached hydrogen (secondary N) is 1. The molecule has 0 spiro atoms. The first-order valence-corrected chi connectivity index (χ1v) is 5.31. The van der Waals surface area contributed by atoms with Crippen molar-refractivity contribution in [1.29, 1.82) is 0 Å². The minimum absolute atomic E-state index is 0.184. The maximum atomic E-state index is 11.1. The van der Waals surface area contributed by atoms with Gasteiger partial charge in [-0.1, -0.05) is 11.6 Å². The van der Waals surface area contributed by atoms with Crippen LogP contribution >= 0.6 is 11.6 Å². The van der Waals surface area contributed by atoms with E-state index in [9.17, 15) is 4.79 Å². The second kappa shape index (κ2) is 6.15. The van der Waals surface area contributed by atoms with Crippen LogP contribution in [0.4, 0.5) is 0 Å². The average molecular weight is 256 g/mol. The molecule has 17 heavy (non-hydrogen) atoms. The molecule has 0 aliphatic rings. The van der Waals surface area contributed by atoms with Crippen molar-refractivity contribution in [3.8, 4) is 11.5 Å². The molecule has 92 valence electrons. The molecule has 0 aliphatic heterocycles. The highest BCUT2D eigenvalue weighted by molar-refractivity contribution is 6.32. The van der Waals surface area contributed by atoms with Gasteiger partial charge in [-0.25, -0.2) is 0 Å². The molecule has 1 amide bonds. The predicted octanol–water partition coefficient (Wildman–Crippen LogP) is 2.12. The van der Waals surface area contributed by atoms with Gasteiger partial charge in [0, 0.05) is 13.1 Å². The first kappa shape index (κ1) is 13.4. The lowest BCUT2D eigenvalue weighted by atomic mass is 10.2. The van der Waals surface area contributed by atoms with Crippen molar-refractivity contribution in [3.05, 3.63) is 28.8 Å². The van der Waals surface area contributed by atoms with Crippen LogP contribution in [-0.4, -0.2) is 27.2 Å². The molecular formula is C12H14ClNO3. The molecule has 1 rings (SSSR count). The zero-order valence-electron chi connectivity index (χ0n) is 9.91. The highest BCUT2D eigenvalue weighted by atomic mass is 35.5. The summed E-state index contributed by atoms with van der Waals surface area (Å²) in [7, 11) is 4.61. The number of hydrogen-bond acceptors (Lipinski definition) is 3. The molecule has 0 aromatic heterocycles. The number of likely N-dealkylation sites (N-methyl/N-ethyl adjacent to an activating group) is 1. The van der Waals surface area contributed by atoms with Gasteiger partial charge in [0.2, 0.25) is 5.91 Å². The van der Waals surface area contributed by atoms with E-state index in [1.165, 1.54) is 20.3 Å². The van der Waals surface area contributed by atoms with E-state index >= 15 is 0 Å². The van der Waals surface area contributed by atoms with E-state index in [-0.39, 0.29) is 5.91 Å². The number of ether oxygens (including phenoxy) is 2. The van der Waals surface area contributed by atoms with Gasteiger partial charge in [-0.2, -0.15) is 0 Å². The molecule has 0 fully saturated rings. The van der Waals surface area contributed by atoms with Crippen LogP contribution in [0.1, 0.15) is 5.56 Å². The Kier molecular flexibility index (Phi) is 4.84. The van der Waals surface area contributed by atoms with Crippen molar-refractivity contribution >= 4 is 23.6 Å². The zero-order chi connectivity index (χ0) is 12.8. The van der Waals surface area contributed by atoms with Crippen LogP contribution in [0.15, 0.2) is 18.2 Å². The number of amides is 1. The van der Waals surface area contributed by atoms with Gasteiger partial charge < -0.3 is 14.8 Å². The van der Waals surface area contributed by atoms with Crippen LogP contribution in [0.3, 0.4) is 0 Å². The molecule has 4 nitrogen and oxygen atoms in total. The largest absolute Gasteiger partial charge is 0.493 e. The first-order chi connectivity index (χ1) is 8.12. The number of rotatable bonds is 4. The molecule has 0 saturated heterocycles. The van der Waals surface area contributed by atoms with Crippen LogP contribution in [0.5, 0.6) is 11.5 Å². The normalized spacial score (nSPS) is 10.4. The van der Waals surface area contributed by atoms with Crippen molar-refractivity contribution in [2.75, 3.05) is 21.3 Å². The van der Waals surface area contributed by atoms with E-state index in [2.05, 4.69) is 5.32 Å². The SMILES string of the molecule is CNC(=O)C=Cc1cc(Cl)c(OC)c(OC)c1. The number of hydrogen-bond donors (Lipinski definition) is 1. The van der Waals surface area contributed by atoms with Gasteiger partial charge in [0.15, 0.2) is 11.5 Å². The third-order valence-electron chi connectivity index (χ3n) is 2.13. The maximum absolute atomic E-state index is 11.1. The van der Waals surface area contributed by atoms with Crippen molar-refractivity contribution in [2.45, 2.75) is 0 Å². The Morgan fingerprint density at radius 3 is 2.59 bits per heavy atom.